The summed E-state index contributed by atoms with van der Waals surface area (Å²) in [5, 5.41) is 2.77. The van der Waals surface area contributed by atoms with Gasteiger partial charge in [-0.2, -0.15) is 0 Å². The molecule has 0 spiro atoms. The van der Waals surface area contributed by atoms with Crippen LogP contribution in [0, 0.1) is 0 Å². The van der Waals surface area contributed by atoms with E-state index in [0.29, 0.717) is 19.5 Å². The normalized spacial score (nSPS) is 17.2. The lowest BCUT2D eigenvalue weighted by Crippen LogP contribution is -2.37. The fourth-order valence-electron chi connectivity index (χ4n) is 2.35. The van der Waals surface area contributed by atoms with Crippen LogP contribution in [0.3, 0.4) is 0 Å². The highest BCUT2D eigenvalue weighted by molar-refractivity contribution is 5.85. The number of nitrogens with one attached hydrogen (secondary N) is 1. The summed E-state index contributed by atoms with van der Waals surface area (Å²) in [4.78, 5) is 25.4. The van der Waals surface area contributed by atoms with Crippen LogP contribution in [0.4, 0.5) is 5.69 Å². The van der Waals surface area contributed by atoms with Gasteiger partial charge in [0.2, 0.25) is 11.8 Å². The van der Waals surface area contributed by atoms with Gasteiger partial charge in [-0.3, -0.25) is 9.59 Å². The van der Waals surface area contributed by atoms with Gasteiger partial charge in [-0.05, 0) is 30.0 Å². The second kappa shape index (κ2) is 6.41. The zero-order valence-corrected chi connectivity index (χ0v) is 11.8. The molecule has 2 amide bonds. The third-order valence-corrected chi connectivity index (χ3v) is 3.60. The first kappa shape index (κ1) is 14.4. The molecule has 1 fully saturated rings. The van der Waals surface area contributed by atoms with Crippen LogP contribution < -0.4 is 11.1 Å². The lowest BCUT2D eigenvalue weighted by atomic mass is 9.97. The van der Waals surface area contributed by atoms with E-state index in [1.165, 1.54) is 0 Å². The van der Waals surface area contributed by atoms with Crippen LogP contribution >= 0.6 is 0 Å². The number of carbonyl (C=O) groups is 2. The number of amides is 2. The Morgan fingerprint density at radius 3 is 2.80 bits per heavy atom. The van der Waals surface area contributed by atoms with E-state index in [4.69, 9.17) is 5.73 Å². The smallest absolute Gasteiger partial charge is 0.239 e. The third-order valence-electron chi connectivity index (χ3n) is 3.60. The molecule has 0 aromatic heterocycles. The van der Waals surface area contributed by atoms with Crippen molar-refractivity contribution in [1.82, 2.24) is 10.2 Å². The summed E-state index contributed by atoms with van der Waals surface area (Å²) in [6.45, 7) is 3.48. The maximum Gasteiger partial charge on any atom is 0.239 e. The number of anilines is 1. The molecular weight excluding hydrogens is 254 g/mol. The summed E-state index contributed by atoms with van der Waals surface area (Å²) < 4.78 is 0. The van der Waals surface area contributed by atoms with Gasteiger partial charge in [0.15, 0.2) is 0 Å². The number of benzene rings is 1. The summed E-state index contributed by atoms with van der Waals surface area (Å²) >= 11 is 0. The SMILES string of the molecule is CC(CC(=O)N1CCCNC(=O)C1)c1ccc(N)cc1. The van der Waals surface area contributed by atoms with E-state index in [1.807, 2.05) is 31.2 Å². The molecule has 5 heteroatoms. The molecule has 1 aromatic carbocycles. The van der Waals surface area contributed by atoms with Gasteiger partial charge in [-0.25, -0.2) is 0 Å². The second-order valence-electron chi connectivity index (χ2n) is 5.29. The Labute approximate surface area is 119 Å². The molecule has 108 valence electrons. The van der Waals surface area contributed by atoms with Crippen LogP contribution in [-0.4, -0.2) is 36.3 Å². The number of hydrogen-bond donors (Lipinski definition) is 2. The monoisotopic (exact) mass is 275 g/mol. The number of nitrogen functional groups attached to an aromatic ring is 1. The molecule has 5 nitrogen and oxygen atoms in total. The van der Waals surface area contributed by atoms with E-state index >= 15 is 0 Å². The summed E-state index contributed by atoms with van der Waals surface area (Å²) in [6.07, 6.45) is 1.23. The molecule has 20 heavy (non-hydrogen) atoms. The van der Waals surface area contributed by atoms with Gasteiger partial charge in [-0.15, -0.1) is 0 Å². The van der Waals surface area contributed by atoms with Gasteiger partial charge in [0.1, 0.15) is 0 Å². The Morgan fingerprint density at radius 2 is 2.10 bits per heavy atom. The molecular formula is C15H21N3O2. The molecule has 1 aromatic rings. The minimum absolute atomic E-state index is 0.0337. The second-order valence-corrected chi connectivity index (χ2v) is 5.29. The van der Waals surface area contributed by atoms with Gasteiger partial charge in [0.05, 0.1) is 6.54 Å². The van der Waals surface area contributed by atoms with Crippen molar-refractivity contribution in [2.24, 2.45) is 0 Å². The van der Waals surface area contributed by atoms with Gasteiger partial charge in [-0.1, -0.05) is 19.1 Å². The Kier molecular flexibility index (Phi) is 4.61. The first-order chi connectivity index (χ1) is 9.56. The topological polar surface area (TPSA) is 75.4 Å². The minimum Gasteiger partial charge on any atom is -0.399 e. The minimum atomic E-state index is -0.0732. The Balaban J connectivity index is 1.96. The van der Waals surface area contributed by atoms with Crippen LogP contribution in [0.15, 0.2) is 24.3 Å². The predicted octanol–water partition coefficient (Wildman–Crippen LogP) is 1.11. The number of carbonyl (C=O) groups excluding carboxylic acids is 2. The standard InChI is InChI=1S/C15H21N3O2/c1-11(12-3-5-13(16)6-4-12)9-15(20)18-8-2-7-17-14(19)10-18/h3-6,11H,2,7-10,16H2,1H3,(H,17,19). The molecule has 0 bridgehead atoms. The highest BCUT2D eigenvalue weighted by Crippen LogP contribution is 2.21. The van der Waals surface area contributed by atoms with Crippen molar-refractivity contribution in [3.63, 3.8) is 0 Å². The molecule has 3 N–H and O–H groups in total. The molecule has 1 heterocycles. The Morgan fingerprint density at radius 1 is 1.40 bits per heavy atom. The van der Waals surface area contributed by atoms with Crippen LogP contribution in [0.1, 0.15) is 31.2 Å². The average molecular weight is 275 g/mol. The van der Waals surface area contributed by atoms with Crippen molar-refractivity contribution in [1.29, 1.82) is 0 Å². The molecule has 0 radical (unpaired) electrons. The largest absolute Gasteiger partial charge is 0.399 e. The van der Waals surface area contributed by atoms with Crippen LogP contribution in [0.2, 0.25) is 0 Å². The third kappa shape index (κ3) is 3.73. The number of nitrogens with zero attached hydrogens (tertiary/aromatic N) is 1. The maximum atomic E-state index is 12.3. The lowest BCUT2D eigenvalue weighted by molar-refractivity contribution is -0.135. The predicted molar refractivity (Wildman–Crippen MR) is 78.1 cm³/mol. The summed E-state index contributed by atoms with van der Waals surface area (Å²) in [5.41, 5.74) is 7.47. The highest BCUT2D eigenvalue weighted by atomic mass is 16.2. The van der Waals surface area contributed by atoms with Crippen molar-refractivity contribution >= 4 is 17.5 Å². The summed E-state index contributed by atoms with van der Waals surface area (Å²) in [7, 11) is 0. The van der Waals surface area contributed by atoms with E-state index in [0.717, 1.165) is 17.7 Å². The highest BCUT2D eigenvalue weighted by Gasteiger charge is 2.21. The van der Waals surface area contributed by atoms with E-state index in [-0.39, 0.29) is 24.3 Å². The molecule has 1 saturated heterocycles. The van der Waals surface area contributed by atoms with Gasteiger partial charge >= 0.3 is 0 Å². The Bertz CT molecular complexity index is 484. The van der Waals surface area contributed by atoms with E-state index in [9.17, 15) is 9.59 Å². The number of hydrogen-bond acceptors (Lipinski definition) is 3. The summed E-state index contributed by atoms with van der Waals surface area (Å²) in [6, 6.07) is 7.58. The lowest BCUT2D eigenvalue weighted by Gasteiger charge is -2.21. The van der Waals surface area contributed by atoms with E-state index < -0.39 is 0 Å². The van der Waals surface area contributed by atoms with E-state index in [2.05, 4.69) is 5.32 Å². The van der Waals surface area contributed by atoms with Crippen molar-refractivity contribution in [3.05, 3.63) is 29.8 Å². The van der Waals surface area contributed by atoms with Crippen LogP contribution in [0.5, 0.6) is 0 Å². The maximum absolute atomic E-state index is 12.3. The fraction of sp³-hybridized carbons (Fsp3) is 0.467. The summed E-state index contributed by atoms with van der Waals surface area (Å²) in [5.74, 6) is 0.0803. The van der Waals surface area contributed by atoms with Gasteiger partial charge in [0.25, 0.3) is 0 Å². The fourth-order valence-corrected chi connectivity index (χ4v) is 2.35. The molecule has 1 aliphatic rings. The molecule has 1 aliphatic heterocycles. The number of nitrogens with two attached hydrogens (primary N) is 1. The first-order valence-corrected chi connectivity index (χ1v) is 6.96. The zero-order chi connectivity index (χ0) is 14.5. The van der Waals surface area contributed by atoms with Crippen molar-refractivity contribution in [2.75, 3.05) is 25.4 Å². The Hall–Kier alpha value is -2.04. The van der Waals surface area contributed by atoms with Crippen molar-refractivity contribution in [2.45, 2.75) is 25.7 Å². The van der Waals surface area contributed by atoms with Gasteiger partial charge in [0, 0.05) is 25.2 Å². The number of rotatable bonds is 3. The van der Waals surface area contributed by atoms with Crippen molar-refractivity contribution < 1.29 is 9.59 Å². The molecule has 0 aliphatic carbocycles. The first-order valence-electron chi connectivity index (χ1n) is 6.96. The zero-order valence-electron chi connectivity index (χ0n) is 11.8. The average Bonchev–Trinajstić information content (AvgIpc) is 2.64. The van der Waals surface area contributed by atoms with Gasteiger partial charge < -0.3 is 16.0 Å². The molecule has 1 atom stereocenters. The van der Waals surface area contributed by atoms with Crippen molar-refractivity contribution in [3.8, 4) is 0 Å². The van der Waals surface area contributed by atoms with Crippen LogP contribution in [0.25, 0.3) is 0 Å². The van der Waals surface area contributed by atoms with E-state index in [1.54, 1.807) is 4.90 Å². The quantitative estimate of drug-likeness (QED) is 0.811. The van der Waals surface area contributed by atoms with Crippen LogP contribution in [-0.2, 0) is 9.59 Å². The molecule has 2 rings (SSSR count). The molecule has 0 saturated carbocycles. The molecule has 1 unspecified atom stereocenters.